The van der Waals surface area contributed by atoms with Gasteiger partial charge in [-0.05, 0) is 31.9 Å². The largest absolute Gasteiger partial charge is 0.323 e. The van der Waals surface area contributed by atoms with Crippen molar-refractivity contribution in [1.82, 2.24) is 9.78 Å². The first kappa shape index (κ1) is 14.6. The Labute approximate surface area is 123 Å². The van der Waals surface area contributed by atoms with Gasteiger partial charge in [-0.2, -0.15) is 5.10 Å². The van der Waals surface area contributed by atoms with Gasteiger partial charge in [0.25, 0.3) is 0 Å². The molecule has 1 atom stereocenters. The molecule has 2 aromatic rings. The van der Waals surface area contributed by atoms with E-state index in [1.807, 2.05) is 11.7 Å². The number of hydrogen-bond donors (Lipinski definition) is 1. The van der Waals surface area contributed by atoms with Gasteiger partial charge in [0.15, 0.2) is 0 Å². The SMILES string of the molecule is CCc1nn(C)c(CC(N)c2cc(C)c(C)s2)c1Cl. The molecule has 0 saturated carbocycles. The van der Waals surface area contributed by atoms with E-state index in [1.54, 1.807) is 11.3 Å². The zero-order chi connectivity index (χ0) is 14.2. The Morgan fingerprint density at radius 3 is 2.63 bits per heavy atom. The summed E-state index contributed by atoms with van der Waals surface area (Å²) >= 11 is 8.13. The molecular weight excluding hydrogens is 278 g/mol. The minimum Gasteiger partial charge on any atom is -0.323 e. The quantitative estimate of drug-likeness (QED) is 0.938. The van der Waals surface area contributed by atoms with E-state index in [0.717, 1.165) is 29.3 Å². The number of aromatic nitrogens is 2. The molecule has 0 radical (unpaired) electrons. The average Bonchev–Trinajstić information content (AvgIpc) is 2.84. The molecule has 1 unspecified atom stereocenters. The standard InChI is InChI=1S/C14H20ClN3S/c1-5-11-14(15)12(18(4)17-11)7-10(16)13-6-8(2)9(3)19-13/h6,10H,5,7,16H2,1-4H3. The second kappa shape index (κ2) is 5.65. The number of aryl methyl sites for hydroxylation is 4. The molecule has 2 heterocycles. The van der Waals surface area contributed by atoms with Crippen molar-refractivity contribution in [3.05, 3.63) is 37.8 Å². The van der Waals surface area contributed by atoms with Crippen LogP contribution in [-0.2, 0) is 19.9 Å². The molecule has 0 aromatic carbocycles. The van der Waals surface area contributed by atoms with Gasteiger partial charge in [0.05, 0.1) is 16.4 Å². The highest BCUT2D eigenvalue weighted by atomic mass is 35.5. The minimum absolute atomic E-state index is 0.0185. The summed E-state index contributed by atoms with van der Waals surface area (Å²) in [6.07, 6.45) is 1.57. The van der Waals surface area contributed by atoms with Crippen molar-refractivity contribution in [1.29, 1.82) is 0 Å². The number of nitrogens with two attached hydrogens (primary N) is 1. The summed E-state index contributed by atoms with van der Waals surface area (Å²) in [5, 5.41) is 5.20. The fourth-order valence-corrected chi connectivity index (χ4v) is 3.55. The normalized spacial score (nSPS) is 12.9. The maximum atomic E-state index is 6.36. The topological polar surface area (TPSA) is 43.8 Å². The summed E-state index contributed by atoms with van der Waals surface area (Å²) in [6.45, 7) is 6.31. The minimum atomic E-state index is -0.0185. The van der Waals surface area contributed by atoms with E-state index in [4.69, 9.17) is 17.3 Å². The van der Waals surface area contributed by atoms with Crippen LogP contribution in [0.4, 0.5) is 0 Å². The van der Waals surface area contributed by atoms with Gasteiger partial charge in [-0.15, -0.1) is 11.3 Å². The van der Waals surface area contributed by atoms with Gasteiger partial charge in [0.2, 0.25) is 0 Å². The van der Waals surface area contributed by atoms with Gasteiger partial charge in [-0.25, -0.2) is 0 Å². The first-order valence-electron chi connectivity index (χ1n) is 6.46. The number of hydrogen-bond acceptors (Lipinski definition) is 3. The zero-order valence-corrected chi connectivity index (χ0v) is 13.4. The number of nitrogens with zero attached hydrogens (tertiary/aromatic N) is 2. The van der Waals surface area contributed by atoms with Crippen molar-refractivity contribution in [3.63, 3.8) is 0 Å². The lowest BCUT2D eigenvalue weighted by molar-refractivity contribution is 0.644. The molecule has 2 N–H and O–H groups in total. The molecule has 0 aliphatic heterocycles. The molecular formula is C14H20ClN3S. The van der Waals surface area contributed by atoms with E-state index in [2.05, 4.69) is 31.9 Å². The van der Waals surface area contributed by atoms with Crippen molar-refractivity contribution in [3.8, 4) is 0 Å². The van der Waals surface area contributed by atoms with Crippen LogP contribution in [0.15, 0.2) is 6.07 Å². The van der Waals surface area contributed by atoms with Crippen LogP contribution in [0.25, 0.3) is 0 Å². The highest BCUT2D eigenvalue weighted by molar-refractivity contribution is 7.12. The molecule has 0 bridgehead atoms. The lowest BCUT2D eigenvalue weighted by atomic mass is 10.1. The lowest BCUT2D eigenvalue weighted by Gasteiger charge is -2.10. The molecule has 0 aliphatic rings. The van der Waals surface area contributed by atoms with Crippen molar-refractivity contribution in [2.45, 2.75) is 39.7 Å². The summed E-state index contributed by atoms with van der Waals surface area (Å²) in [5.41, 5.74) is 9.59. The third-order valence-electron chi connectivity index (χ3n) is 3.47. The van der Waals surface area contributed by atoms with Crippen LogP contribution in [0.2, 0.25) is 5.02 Å². The molecule has 5 heteroatoms. The molecule has 0 aliphatic carbocycles. The first-order valence-corrected chi connectivity index (χ1v) is 7.66. The van der Waals surface area contributed by atoms with Crippen LogP contribution < -0.4 is 5.73 Å². The van der Waals surface area contributed by atoms with Gasteiger partial charge in [0, 0.05) is 29.3 Å². The first-order chi connectivity index (χ1) is 8.93. The Hall–Kier alpha value is -0.840. The van der Waals surface area contributed by atoms with Gasteiger partial charge >= 0.3 is 0 Å². The highest BCUT2D eigenvalue weighted by Crippen LogP contribution is 2.30. The van der Waals surface area contributed by atoms with Crippen molar-refractivity contribution < 1.29 is 0 Å². The fraction of sp³-hybridized carbons (Fsp3) is 0.500. The summed E-state index contributed by atoms with van der Waals surface area (Å²) in [5.74, 6) is 0. The van der Waals surface area contributed by atoms with E-state index in [1.165, 1.54) is 15.3 Å². The Bertz CT molecular complexity index is 566. The van der Waals surface area contributed by atoms with Gasteiger partial charge in [-0.3, -0.25) is 4.68 Å². The predicted octanol–water partition coefficient (Wildman–Crippen LogP) is 3.56. The number of rotatable bonds is 4. The smallest absolute Gasteiger partial charge is 0.0850 e. The zero-order valence-electron chi connectivity index (χ0n) is 11.8. The maximum absolute atomic E-state index is 6.36. The number of thiophene rings is 1. The van der Waals surface area contributed by atoms with Crippen LogP contribution in [0.3, 0.4) is 0 Å². The summed E-state index contributed by atoms with van der Waals surface area (Å²) < 4.78 is 1.86. The Morgan fingerprint density at radius 2 is 2.16 bits per heavy atom. The Kier molecular flexibility index (Phi) is 4.33. The third-order valence-corrected chi connectivity index (χ3v) is 5.19. The van der Waals surface area contributed by atoms with Crippen molar-refractivity contribution in [2.24, 2.45) is 12.8 Å². The highest BCUT2D eigenvalue weighted by Gasteiger charge is 2.18. The van der Waals surface area contributed by atoms with E-state index >= 15 is 0 Å². The molecule has 0 fully saturated rings. The molecule has 2 rings (SSSR count). The molecule has 0 spiro atoms. The van der Waals surface area contributed by atoms with Gasteiger partial charge in [-0.1, -0.05) is 18.5 Å². The predicted molar refractivity (Wildman–Crippen MR) is 82.0 cm³/mol. The Morgan fingerprint density at radius 1 is 1.47 bits per heavy atom. The molecule has 0 amide bonds. The maximum Gasteiger partial charge on any atom is 0.0850 e. The van der Waals surface area contributed by atoms with Crippen LogP contribution in [0.5, 0.6) is 0 Å². The van der Waals surface area contributed by atoms with Crippen LogP contribution >= 0.6 is 22.9 Å². The van der Waals surface area contributed by atoms with Gasteiger partial charge in [0.1, 0.15) is 0 Å². The van der Waals surface area contributed by atoms with Crippen LogP contribution in [0, 0.1) is 13.8 Å². The van der Waals surface area contributed by atoms with E-state index in [9.17, 15) is 0 Å². The van der Waals surface area contributed by atoms with E-state index < -0.39 is 0 Å². The van der Waals surface area contributed by atoms with Crippen LogP contribution in [-0.4, -0.2) is 9.78 Å². The van der Waals surface area contributed by atoms with Crippen molar-refractivity contribution >= 4 is 22.9 Å². The molecule has 19 heavy (non-hydrogen) atoms. The van der Waals surface area contributed by atoms with Crippen LogP contribution in [0.1, 0.15) is 39.7 Å². The number of halogens is 1. The summed E-state index contributed by atoms with van der Waals surface area (Å²) in [6, 6.07) is 2.16. The summed E-state index contributed by atoms with van der Waals surface area (Å²) in [4.78, 5) is 2.54. The molecule has 2 aromatic heterocycles. The Balaban J connectivity index is 2.23. The molecule has 104 valence electrons. The third kappa shape index (κ3) is 2.86. The fourth-order valence-electron chi connectivity index (χ4n) is 2.13. The van der Waals surface area contributed by atoms with E-state index in [0.29, 0.717) is 0 Å². The average molecular weight is 298 g/mol. The second-order valence-corrected chi connectivity index (χ2v) is 6.55. The second-order valence-electron chi connectivity index (χ2n) is 4.88. The summed E-state index contributed by atoms with van der Waals surface area (Å²) in [7, 11) is 1.93. The van der Waals surface area contributed by atoms with Gasteiger partial charge < -0.3 is 5.73 Å². The van der Waals surface area contributed by atoms with Crippen molar-refractivity contribution in [2.75, 3.05) is 0 Å². The van der Waals surface area contributed by atoms with E-state index in [-0.39, 0.29) is 6.04 Å². The monoisotopic (exact) mass is 297 g/mol. The molecule has 0 saturated heterocycles. The molecule has 3 nitrogen and oxygen atoms in total. The lowest BCUT2D eigenvalue weighted by Crippen LogP contribution is -2.14.